The number of non-ortho nitro benzene ring substituents is 1. The molecule has 0 aliphatic heterocycles. The van der Waals surface area contributed by atoms with Crippen LogP contribution in [0.4, 0.5) is 11.4 Å². The second-order valence-corrected chi connectivity index (χ2v) is 9.65. The SMILES string of the molecule is CC(C)(C)c1cc2ccc3cccc4ccc(c1[N]Sc1ccc([N+](=O)[O-])cc1)c2c34. The molecule has 0 aliphatic carbocycles. The molecule has 0 aromatic heterocycles. The monoisotopic (exact) mass is 425 g/mol. The minimum absolute atomic E-state index is 0.0840. The highest BCUT2D eigenvalue weighted by atomic mass is 32.2. The maximum Gasteiger partial charge on any atom is 0.269 e. The molecule has 0 unspecified atom stereocenters. The van der Waals surface area contributed by atoms with Gasteiger partial charge in [0.2, 0.25) is 0 Å². The first-order valence-electron chi connectivity index (χ1n) is 10.2. The fourth-order valence-electron chi connectivity index (χ4n) is 4.19. The fraction of sp³-hybridized carbons (Fsp3) is 0.154. The summed E-state index contributed by atoms with van der Waals surface area (Å²) in [6.07, 6.45) is 0. The minimum Gasteiger partial charge on any atom is -0.258 e. The largest absolute Gasteiger partial charge is 0.269 e. The number of hydrogen-bond acceptors (Lipinski definition) is 3. The average Bonchev–Trinajstić information content (AvgIpc) is 2.75. The molecule has 5 aromatic carbocycles. The lowest BCUT2D eigenvalue weighted by Gasteiger charge is -2.25. The molecule has 0 heterocycles. The van der Waals surface area contributed by atoms with E-state index in [0.29, 0.717) is 0 Å². The molecule has 0 N–H and O–H groups in total. The van der Waals surface area contributed by atoms with Gasteiger partial charge >= 0.3 is 0 Å². The van der Waals surface area contributed by atoms with Gasteiger partial charge < -0.3 is 0 Å². The second-order valence-electron chi connectivity index (χ2n) is 8.81. The standard InChI is InChI=1S/C26H21N2O2S/c1-26(2,3)22-15-18-8-7-16-5-4-6-17-9-14-21(24(18)23(16)17)25(22)27-31-20-12-10-19(11-13-20)28(29)30/h4-15H,1-3H3. The van der Waals surface area contributed by atoms with Crippen molar-refractivity contribution in [2.24, 2.45) is 0 Å². The molecule has 5 heteroatoms. The first-order valence-corrected chi connectivity index (χ1v) is 10.9. The van der Waals surface area contributed by atoms with Crippen molar-refractivity contribution in [3.63, 3.8) is 0 Å². The van der Waals surface area contributed by atoms with E-state index in [4.69, 9.17) is 4.72 Å². The normalized spacial score (nSPS) is 12.1. The summed E-state index contributed by atoms with van der Waals surface area (Å²) in [5, 5.41) is 18.3. The molecule has 4 nitrogen and oxygen atoms in total. The molecule has 0 bridgehead atoms. The van der Waals surface area contributed by atoms with Crippen molar-refractivity contribution < 1.29 is 4.92 Å². The number of hydrogen-bond donors (Lipinski definition) is 0. The van der Waals surface area contributed by atoms with Crippen molar-refractivity contribution in [2.75, 3.05) is 0 Å². The zero-order valence-electron chi connectivity index (χ0n) is 17.5. The van der Waals surface area contributed by atoms with Crippen LogP contribution in [0.15, 0.2) is 77.7 Å². The Hall–Kier alpha value is -3.31. The zero-order valence-corrected chi connectivity index (χ0v) is 18.4. The van der Waals surface area contributed by atoms with E-state index in [-0.39, 0.29) is 16.0 Å². The van der Waals surface area contributed by atoms with Crippen LogP contribution in [0.2, 0.25) is 0 Å². The van der Waals surface area contributed by atoms with Crippen LogP contribution in [0.5, 0.6) is 0 Å². The lowest BCUT2D eigenvalue weighted by molar-refractivity contribution is -0.384. The molecular formula is C26H21N2O2S. The quantitative estimate of drug-likeness (QED) is 0.128. The lowest BCUT2D eigenvalue weighted by Crippen LogP contribution is -2.13. The molecule has 0 amide bonds. The van der Waals surface area contributed by atoms with Crippen molar-refractivity contribution in [3.8, 4) is 0 Å². The number of nitro benzene ring substituents is 1. The van der Waals surface area contributed by atoms with Gasteiger partial charge in [0.25, 0.3) is 5.69 Å². The highest BCUT2D eigenvalue weighted by Crippen LogP contribution is 2.44. The summed E-state index contributed by atoms with van der Waals surface area (Å²) in [6.45, 7) is 6.61. The van der Waals surface area contributed by atoms with Gasteiger partial charge in [-0.2, -0.15) is 0 Å². The van der Waals surface area contributed by atoms with Gasteiger partial charge in [-0.15, -0.1) is 0 Å². The Morgan fingerprint density at radius 3 is 2.13 bits per heavy atom. The molecule has 0 spiro atoms. The zero-order chi connectivity index (χ0) is 21.8. The number of nitro groups is 1. The van der Waals surface area contributed by atoms with Crippen LogP contribution in [0, 0.1) is 10.1 Å². The summed E-state index contributed by atoms with van der Waals surface area (Å²) in [6, 6.07) is 24.0. The third-order valence-electron chi connectivity index (χ3n) is 5.72. The molecule has 0 saturated heterocycles. The summed E-state index contributed by atoms with van der Waals surface area (Å²) < 4.78 is 4.97. The Morgan fingerprint density at radius 1 is 0.839 bits per heavy atom. The summed E-state index contributed by atoms with van der Waals surface area (Å²) in [7, 11) is 0. The van der Waals surface area contributed by atoms with Crippen molar-refractivity contribution >= 4 is 55.6 Å². The van der Waals surface area contributed by atoms with Gasteiger partial charge in [-0.3, -0.25) is 10.1 Å². The summed E-state index contributed by atoms with van der Waals surface area (Å²) in [5.74, 6) is 0. The first-order chi connectivity index (χ1) is 14.8. The predicted octanol–water partition coefficient (Wildman–Crippen LogP) is 7.73. The molecular weight excluding hydrogens is 404 g/mol. The Balaban J connectivity index is 1.68. The van der Waals surface area contributed by atoms with E-state index >= 15 is 0 Å². The van der Waals surface area contributed by atoms with Gasteiger partial charge in [0.1, 0.15) is 0 Å². The minimum atomic E-state index is -0.385. The fourth-order valence-corrected chi connectivity index (χ4v) is 4.84. The van der Waals surface area contributed by atoms with E-state index in [9.17, 15) is 10.1 Å². The molecule has 0 saturated carbocycles. The second kappa shape index (κ2) is 7.13. The summed E-state index contributed by atoms with van der Waals surface area (Å²) >= 11 is 1.36. The molecule has 153 valence electrons. The van der Waals surface area contributed by atoms with Crippen LogP contribution in [-0.2, 0) is 5.41 Å². The molecule has 0 atom stereocenters. The first kappa shape index (κ1) is 19.6. The van der Waals surface area contributed by atoms with Gasteiger partial charge in [0, 0.05) is 34.4 Å². The number of nitrogens with zero attached hydrogens (tertiary/aromatic N) is 2. The Labute approximate surface area is 184 Å². The number of rotatable bonds is 4. The van der Waals surface area contributed by atoms with E-state index < -0.39 is 0 Å². The molecule has 5 aromatic rings. The molecule has 0 fully saturated rings. The van der Waals surface area contributed by atoms with E-state index in [0.717, 1.165) is 16.0 Å². The average molecular weight is 426 g/mol. The molecule has 0 aliphatic rings. The topological polar surface area (TPSA) is 57.2 Å². The molecule has 5 rings (SSSR count). The van der Waals surface area contributed by atoms with Gasteiger partial charge in [-0.25, -0.2) is 4.72 Å². The van der Waals surface area contributed by atoms with Crippen molar-refractivity contribution in [1.29, 1.82) is 0 Å². The smallest absolute Gasteiger partial charge is 0.258 e. The maximum atomic E-state index is 10.9. The van der Waals surface area contributed by atoms with E-state index in [1.165, 1.54) is 56.6 Å². The van der Waals surface area contributed by atoms with Crippen molar-refractivity contribution in [2.45, 2.75) is 31.1 Å². The number of benzene rings is 5. The maximum absolute atomic E-state index is 10.9. The van der Waals surface area contributed by atoms with Crippen LogP contribution in [0.25, 0.3) is 32.3 Å². The van der Waals surface area contributed by atoms with Crippen molar-refractivity contribution in [3.05, 3.63) is 88.5 Å². The Morgan fingerprint density at radius 2 is 1.48 bits per heavy atom. The van der Waals surface area contributed by atoms with E-state index in [1.807, 2.05) is 0 Å². The summed E-state index contributed by atoms with van der Waals surface area (Å²) in [4.78, 5) is 11.4. The van der Waals surface area contributed by atoms with Gasteiger partial charge in [0.15, 0.2) is 0 Å². The van der Waals surface area contributed by atoms with Crippen LogP contribution >= 0.6 is 11.9 Å². The van der Waals surface area contributed by atoms with Crippen LogP contribution < -0.4 is 4.72 Å². The highest BCUT2D eigenvalue weighted by molar-refractivity contribution is 7.97. The third kappa shape index (κ3) is 3.35. The van der Waals surface area contributed by atoms with Crippen molar-refractivity contribution in [1.82, 2.24) is 4.72 Å². The lowest BCUT2D eigenvalue weighted by atomic mass is 9.82. The van der Waals surface area contributed by atoms with Crippen LogP contribution in [0.1, 0.15) is 26.3 Å². The van der Waals surface area contributed by atoms with E-state index in [1.54, 1.807) is 12.1 Å². The molecule has 31 heavy (non-hydrogen) atoms. The van der Waals surface area contributed by atoms with Gasteiger partial charge in [-0.1, -0.05) is 63.2 Å². The molecule has 1 radical (unpaired) electrons. The summed E-state index contributed by atoms with van der Waals surface area (Å²) in [5.41, 5.74) is 2.16. The van der Waals surface area contributed by atoms with Crippen LogP contribution in [-0.4, -0.2) is 4.92 Å². The van der Waals surface area contributed by atoms with Crippen LogP contribution in [0.3, 0.4) is 0 Å². The predicted molar refractivity (Wildman–Crippen MR) is 130 cm³/mol. The van der Waals surface area contributed by atoms with E-state index in [2.05, 4.69) is 69.3 Å². The third-order valence-corrected chi connectivity index (χ3v) is 6.47. The van der Waals surface area contributed by atoms with Gasteiger partial charge in [-0.05, 0) is 56.1 Å². The Bertz CT molecular complexity index is 1420. The van der Waals surface area contributed by atoms with Gasteiger partial charge in [0.05, 0.1) is 10.6 Å². The highest BCUT2D eigenvalue weighted by Gasteiger charge is 2.23. The Kier molecular flexibility index (Phi) is 4.52.